The number of thiophene rings is 1. The highest BCUT2D eigenvalue weighted by molar-refractivity contribution is 7.12. The maximum absolute atomic E-state index is 12.2. The fourth-order valence-corrected chi connectivity index (χ4v) is 3.25. The predicted molar refractivity (Wildman–Crippen MR) is 72.3 cm³/mol. The monoisotopic (exact) mass is 252 g/mol. The van der Waals surface area contributed by atoms with Gasteiger partial charge in [0.1, 0.15) is 4.88 Å². The molecule has 94 valence electrons. The van der Waals surface area contributed by atoms with E-state index in [0.29, 0.717) is 10.6 Å². The lowest BCUT2D eigenvalue weighted by atomic mass is 9.92. The summed E-state index contributed by atoms with van der Waals surface area (Å²) in [7, 11) is 0. The van der Waals surface area contributed by atoms with Crippen LogP contribution < -0.4 is 5.73 Å². The van der Waals surface area contributed by atoms with E-state index >= 15 is 0 Å². The van der Waals surface area contributed by atoms with Crippen molar-refractivity contribution in [1.29, 1.82) is 0 Å². The summed E-state index contributed by atoms with van der Waals surface area (Å²) in [6.45, 7) is 4.01. The highest BCUT2D eigenvalue weighted by Crippen LogP contribution is 2.26. The molecule has 0 atom stereocenters. The molecule has 0 unspecified atom stereocenters. The number of nitrogens with zero attached hydrogens (tertiary/aromatic N) is 1. The van der Waals surface area contributed by atoms with Crippen molar-refractivity contribution in [3.63, 3.8) is 0 Å². The van der Waals surface area contributed by atoms with E-state index in [4.69, 9.17) is 5.73 Å². The number of carbonyl (C=O) groups excluding carboxylic acids is 1. The number of nitrogens with two attached hydrogens (primary N) is 1. The molecule has 0 bridgehead atoms. The third kappa shape index (κ3) is 2.80. The number of nitrogen functional groups attached to an aromatic ring is 1. The number of likely N-dealkylation sites (tertiary alicyclic amines) is 1. The molecule has 0 aliphatic carbocycles. The van der Waals surface area contributed by atoms with Crippen molar-refractivity contribution >= 4 is 22.9 Å². The van der Waals surface area contributed by atoms with Crippen LogP contribution in [-0.2, 0) is 0 Å². The maximum Gasteiger partial charge on any atom is 0.266 e. The Morgan fingerprint density at radius 3 is 2.76 bits per heavy atom. The summed E-state index contributed by atoms with van der Waals surface area (Å²) in [5.41, 5.74) is 6.41. The van der Waals surface area contributed by atoms with Crippen LogP contribution in [0.15, 0.2) is 11.4 Å². The second-order valence-electron chi connectivity index (χ2n) is 4.73. The van der Waals surface area contributed by atoms with Crippen LogP contribution in [0.4, 0.5) is 5.69 Å². The minimum absolute atomic E-state index is 0.118. The largest absolute Gasteiger partial charge is 0.397 e. The highest BCUT2D eigenvalue weighted by Gasteiger charge is 2.24. The molecule has 17 heavy (non-hydrogen) atoms. The Morgan fingerprint density at radius 2 is 2.24 bits per heavy atom. The standard InChI is InChI=1S/C13H20N2OS/c1-2-3-10-4-7-15(8-5-10)13(16)12-11(14)6-9-17-12/h6,9-10H,2-5,7-8,14H2,1H3. The summed E-state index contributed by atoms with van der Waals surface area (Å²) >= 11 is 1.45. The Labute approximate surface area is 107 Å². The Balaban J connectivity index is 1.93. The minimum atomic E-state index is 0.118. The lowest BCUT2D eigenvalue weighted by Crippen LogP contribution is -2.38. The topological polar surface area (TPSA) is 46.3 Å². The summed E-state index contributed by atoms with van der Waals surface area (Å²) in [6.07, 6.45) is 4.83. The van der Waals surface area contributed by atoms with E-state index in [-0.39, 0.29) is 5.91 Å². The van der Waals surface area contributed by atoms with Gasteiger partial charge in [-0.05, 0) is 30.2 Å². The van der Waals surface area contributed by atoms with E-state index in [1.165, 1.54) is 24.2 Å². The Kier molecular flexibility index (Phi) is 4.05. The average molecular weight is 252 g/mol. The smallest absolute Gasteiger partial charge is 0.266 e. The first-order chi connectivity index (χ1) is 8.22. The highest BCUT2D eigenvalue weighted by atomic mass is 32.1. The molecule has 1 aliphatic heterocycles. The number of amides is 1. The van der Waals surface area contributed by atoms with Crippen molar-refractivity contribution in [2.75, 3.05) is 18.8 Å². The van der Waals surface area contributed by atoms with Crippen LogP contribution in [0, 0.1) is 5.92 Å². The lowest BCUT2D eigenvalue weighted by Gasteiger charge is -2.31. The van der Waals surface area contributed by atoms with Gasteiger partial charge in [0, 0.05) is 13.1 Å². The first kappa shape index (κ1) is 12.4. The van der Waals surface area contributed by atoms with Crippen LogP contribution in [0.1, 0.15) is 42.3 Å². The second-order valence-corrected chi connectivity index (χ2v) is 5.65. The fourth-order valence-electron chi connectivity index (χ4n) is 2.47. The van der Waals surface area contributed by atoms with Crippen LogP contribution >= 0.6 is 11.3 Å². The number of rotatable bonds is 3. The van der Waals surface area contributed by atoms with Gasteiger partial charge in [0.05, 0.1) is 5.69 Å². The molecular formula is C13H20N2OS. The molecule has 0 spiro atoms. The van der Waals surface area contributed by atoms with Crippen LogP contribution in [0.3, 0.4) is 0 Å². The molecule has 2 rings (SSSR count). The van der Waals surface area contributed by atoms with Gasteiger partial charge in [-0.3, -0.25) is 4.79 Å². The van der Waals surface area contributed by atoms with Crippen molar-refractivity contribution < 1.29 is 4.79 Å². The summed E-state index contributed by atoms with van der Waals surface area (Å²) in [5, 5.41) is 1.88. The fraction of sp³-hybridized carbons (Fsp3) is 0.615. The number of anilines is 1. The number of piperidine rings is 1. The van der Waals surface area contributed by atoms with E-state index < -0.39 is 0 Å². The van der Waals surface area contributed by atoms with Gasteiger partial charge in [0.2, 0.25) is 0 Å². The molecule has 0 saturated carbocycles. The lowest BCUT2D eigenvalue weighted by molar-refractivity contribution is 0.0692. The molecule has 1 aromatic rings. The van der Waals surface area contributed by atoms with Gasteiger partial charge >= 0.3 is 0 Å². The molecule has 2 N–H and O–H groups in total. The molecule has 1 aliphatic rings. The molecule has 0 radical (unpaired) electrons. The van der Waals surface area contributed by atoms with Crippen LogP contribution in [0.5, 0.6) is 0 Å². The second kappa shape index (κ2) is 5.54. The zero-order chi connectivity index (χ0) is 12.3. The molecule has 0 aromatic carbocycles. The van der Waals surface area contributed by atoms with E-state index in [1.807, 2.05) is 16.3 Å². The van der Waals surface area contributed by atoms with E-state index in [0.717, 1.165) is 31.8 Å². The average Bonchev–Trinajstić information content (AvgIpc) is 2.76. The van der Waals surface area contributed by atoms with Crippen molar-refractivity contribution in [1.82, 2.24) is 4.90 Å². The Bertz CT molecular complexity index is 381. The maximum atomic E-state index is 12.2. The van der Waals surface area contributed by atoms with Crippen LogP contribution in [0.2, 0.25) is 0 Å². The molecule has 1 saturated heterocycles. The van der Waals surface area contributed by atoms with Gasteiger partial charge in [0.15, 0.2) is 0 Å². The summed E-state index contributed by atoms with van der Waals surface area (Å²) in [6, 6.07) is 1.81. The number of hydrogen-bond donors (Lipinski definition) is 1. The number of carbonyl (C=O) groups is 1. The molecular weight excluding hydrogens is 232 g/mol. The predicted octanol–water partition coefficient (Wildman–Crippen LogP) is 2.98. The third-order valence-electron chi connectivity index (χ3n) is 3.49. The van der Waals surface area contributed by atoms with Gasteiger partial charge in [0.25, 0.3) is 5.91 Å². The van der Waals surface area contributed by atoms with Gasteiger partial charge in [-0.1, -0.05) is 19.8 Å². The van der Waals surface area contributed by atoms with Crippen LogP contribution in [0.25, 0.3) is 0 Å². The molecule has 1 aromatic heterocycles. The first-order valence-electron chi connectivity index (χ1n) is 6.34. The third-order valence-corrected chi connectivity index (χ3v) is 4.41. The van der Waals surface area contributed by atoms with Gasteiger partial charge in [-0.15, -0.1) is 11.3 Å². The van der Waals surface area contributed by atoms with Crippen LogP contribution in [-0.4, -0.2) is 23.9 Å². The van der Waals surface area contributed by atoms with Crippen molar-refractivity contribution in [2.24, 2.45) is 5.92 Å². The van der Waals surface area contributed by atoms with Crippen molar-refractivity contribution in [2.45, 2.75) is 32.6 Å². The van der Waals surface area contributed by atoms with E-state index in [2.05, 4.69) is 6.92 Å². The normalized spacial score (nSPS) is 17.4. The molecule has 2 heterocycles. The first-order valence-corrected chi connectivity index (χ1v) is 7.22. The summed E-state index contributed by atoms with van der Waals surface area (Å²) < 4.78 is 0. The number of hydrogen-bond acceptors (Lipinski definition) is 3. The zero-order valence-electron chi connectivity index (χ0n) is 10.3. The van der Waals surface area contributed by atoms with Crippen molar-refractivity contribution in [3.8, 4) is 0 Å². The van der Waals surface area contributed by atoms with E-state index in [1.54, 1.807) is 0 Å². The summed E-state index contributed by atoms with van der Waals surface area (Å²) in [5.74, 6) is 0.928. The quantitative estimate of drug-likeness (QED) is 0.899. The zero-order valence-corrected chi connectivity index (χ0v) is 11.1. The molecule has 3 nitrogen and oxygen atoms in total. The van der Waals surface area contributed by atoms with Gasteiger partial charge in [-0.2, -0.15) is 0 Å². The summed E-state index contributed by atoms with van der Waals surface area (Å²) in [4.78, 5) is 14.9. The Hall–Kier alpha value is -1.03. The van der Waals surface area contributed by atoms with E-state index in [9.17, 15) is 4.79 Å². The molecule has 1 amide bonds. The Morgan fingerprint density at radius 1 is 1.53 bits per heavy atom. The minimum Gasteiger partial charge on any atom is -0.397 e. The SMILES string of the molecule is CCCC1CCN(C(=O)c2sccc2N)CC1. The molecule has 4 heteroatoms. The van der Waals surface area contributed by atoms with Gasteiger partial charge < -0.3 is 10.6 Å². The van der Waals surface area contributed by atoms with Crippen molar-refractivity contribution in [3.05, 3.63) is 16.3 Å². The molecule has 1 fully saturated rings. The van der Waals surface area contributed by atoms with Gasteiger partial charge in [-0.25, -0.2) is 0 Å².